The van der Waals surface area contributed by atoms with Crippen molar-refractivity contribution in [3.63, 3.8) is 0 Å². The van der Waals surface area contributed by atoms with Crippen LogP contribution < -0.4 is 0 Å². The minimum absolute atomic E-state index is 0.212. The van der Waals surface area contributed by atoms with Crippen LogP contribution in [0.25, 0.3) is 0 Å². The molecule has 0 fully saturated rings. The van der Waals surface area contributed by atoms with Gasteiger partial charge in [-0.2, -0.15) is 0 Å². The molecular formula is C24H46N2O3. The van der Waals surface area contributed by atoms with E-state index in [1.807, 2.05) is 0 Å². The third-order valence-electron chi connectivity index (χ3n) is 5.72. The zero-order valence-electron chi connectivity index (χ0n) is 19.3. The highest BCUT2D eigenvalue weighted by Gasteiger charge is 2.15. The van der Waals surface area contributed by atoms with Gasteiger partial charge in [0.2, 0.25) is 0 Å². The number of carbonyl (C=O) groups excluding carboxylic acids is 1. The molecule has 0 aliphatic carbocycles. The molecule has 5 heteroatoms. The predicted molar refractivity (Wildman–Crippen MR) is 122 cm³/mol. The van der Waals surface area contributed by atoms with Crippen molar-refractivity contribution in [1.82, 2.24) is 4.90 Å². The average molecular weight is 411 g/mol. The van der Waals surface area contributed by atoms with Crippen LogP contribution in [0.4, 0.5) is 0 Å². The number of aliphatic imine (C=N–C) groups is 1. The standard InChI is InChI=1S/C24H46N2O3/c1-3-4-5-6-7-8-9-10-11-12-13-14-15-16-23-25-18-19-26(23)20-22-29-21-17-24(27)28-2/h3-22H2,1-2H3. The van der Waals surface area contributed by atoms with E-state index in [2.05, 4.69) is 21.6 Å². The molecule has 0 unspecified atom stereocenters. The van der Waals surface area contributed by atoms with Crippen molar-refractivity contribution < 1.29 is 14.3 Å². The molecule has 1 aliphatic rings. The molecular weight excluding hydrogens is 364 g/mol. The van der Waals surface area contributed by atoms with Crippen molar-refractivity contribution in [1.29, 1.82) is 0 Å². The molecule has 0 aromatic carbocycles. The maximum atomic E-state index is 11.1. The van der Waals surface area contributed by atoms with Crippen LogP contribution in [0.5, 0.6) is 0 Å². The zero-order chi connectivity index (χ0) is 21.0. The second-order valence-electron chi connectivity index (χ2n) is 8.22. The largest absolute Gasteiger partial charge is 0.469 e. The summed E-state index contributed by atoms with van der Waals surface area (Å²) in [5.74, 6) is 1.04. The monoisotopic (exact) mass is 410 g/mol. The molecule has 1 heterocycles. The van der Waals surface area contributed by atoms with Crippen LogP contribution >= 0.6 is 0 Å². The van der Waals surface area contributed by atoms with Crippen LogP contribution in [-0.2, 0) is 14.3 Å². The number of rotatable bonds is 20. The highest BCUT2D eigenvalue weighted by atomic mass is 16.5. The molecule has 0 amide bonds. The fraction of sp³-hybridized carbons (Fsp3) is 0.917. The molecule has 0 bridgehead atoms. The molecule has 0 spiro atoms. The fourth-order valence-corrected chi connectivity index (χ4v) is 3.84. The summed E-state index contributed by atoms with van der Waals surface area (Å²) in [6, 6.07) is 0. The number of amidine groups is 1. The van der Waals surface area contributed by atoms with Gasteiger partial charge in [0.1, 0.15) is 0 Å². The number of esters is 1. The van der Waals surface area contributed by atoms with E-state index in [-0.39, 0.29) is 5.97 Å². The summed E-state index contributed by atoms with van der Waals surface area (Å²) in [5.41, 5.74) is 0. The number of unbranched alkanes of at least 4 members (excludes halogenated alkanes) is 12. The normalized spacial score (nSPS) is 13.7. The molecule has 29 heavy (non-hydrogen) atoms. The third-order valence-corrected chi connectivity index (χ3v) is 5.72. The molecule has 0 atom stereocenters. The Balaban J connectivity index is 1.89. The summed E-state index contributed by atoms with van der Waals surface area (Å²) in [5, 5.41) is 0. The maximum absolute atomic E-state index is 11.1. The smallest absolute Gasteiger partial charge is 0.307 e. The molecule has 0 radical (unpaired) electrons. The second kappa shape index (κ2) is 18.9. The molecule has 0 aromatic rings. The number of hydrogen-bond acceptors (Lipinski definition) is 5. The summed E-state index contributed by atoms with van der Waals surface area (Å²) >= 11 is 0. The van der Waals surface area contributed by atoms with E-state index in [1.165, 1.54) is 96.4 Å². The van der Waals surface area contributed by atoms with Gasteiger partial charge in [0.25, 0.3) is 0 Å². The van der Waals surface area contributed by atoms with E-state index in [9.17, 15) is 4.79 Å². The molecule has 0 saturated heterocycles. The summed E-state index contributed by atoms with van der Waals surface area (Å²) in [6.07, 6.45) is 19.5. The maximum Gasteiger partial charge on any atom is 0.307 e. The first-order chi connectivity index (χ1) is 14.3. The van der Waals surface area contributed by atoms with Gasteiger partial charge in [0, 0.05) is 19.5 Å². The topological polar surface area (TPSA) is 51.1 Å². The van der Waals surface area contributed by atoms with Gasteiger partial charge in [-0.05, 0) is 6.42 Å². The Morgan fingerprint density at radius 1 is 0.897 bits per heavy atom. The SMILES string of the molecule is CCCCCCCCCCCCCCCC1=NCCN1CCOCCC(=O)OC. The van der Waals surface area contributed by atoms with Crippen molar-refractivity contribution in [3.8, 4) is 0 Å². The van der Waals surface area contributed by atoms with Crippen molar-refractivity contribution in [3.05, 3.63) is 0 Å². The Morgan fingerprint density at radius 2 is 1.48 bits per heavy atom. The minimum Gasteiger partial charge on any atom is -0.469 e. The van der Waals surface area contributed by atoms with Crippen LogP contribution in [0.15, 0.2) is 4.99 Å². The van der Waals surface area contributed by atoms with Crippen molar-refractivity contribution >= 4 is 11.8 Å². The molecule has 0 saturated carbocycles. The lowest BCUT2D eigenvalue weighted by molar-refractivity contribution is -0.141. The lowest BCUT2D eigenvalue weighted by Crippen LogP contribution is -2.31. The highest BCUT2D eigenvalue weighted by Crippen LogP contribution is 2.14. The van der Waals surface area contributed by atoms with Crippen LogP contribution in [0, 0.1) is 0 Å². The second-order valence-corrected chi connectivity index (χ2v) is 8.22. The Morgan fingerprint density at radius 3 is 2.07 bits per heavy atom. The Hall–Kier alpha value is -1.10. The molecule has 0 aromatic heterocycles. The average Bonchev–Trinajstić information content (AvgIpc) is 3.18. The van der Waals surface area contributed by atoms with E-state index < -0.39 is 0 Å². The van der Waals surface area contributed by atoms with Crippen molar-refractivity contribution in [2.45, 2.75) is 103 Å². The Labute approximate surface area is 179 Å². The quantitative estimate of drug-likeness (QED) is 0.189. The van der Waals surface area contributed by atoms with Gasteiger partial charge in [-0.1, -0.05) is 84.0 Å². The lowest BCUT2D eigenvalue weighted by atomic mass is 10.0. The zero-order valence-corrected chi connectivity index (χ0v) is 19.3. The summed E-state index contributed by atoms with van der Waals surface area (Å²) in [6.45, 7) is 6.16. The van der Waals surface area contributed by atoms with Gasteiger partial charge in [0.05, 0.1) is 39.1 Å². The molecule has 1 aliphatic heterocycles. The van der Waals surface area contributed by atoms with Gasteiger partial charge in [-0.3, -0.25) is 9.79 Å². The van der Waals surface area contributed by atoms with Crippen LogP contribution in [-0.4, -0.2) is 56.7 Å². The number of ether oxygens (including phenoxy) is 2. The van der Waals surface area contributed by atoms with E-state index in [1.54, 1.807) is 0 Å². The first-order valence-electron chi connectivity index (χ1n) is 12.2. The Kier molecular flexibility index (Phi) is 16.9. The molecule has 1 rings (SSSR count). The van der Waals surface area contributed by atoms with Crippen LogP contribution in [0.2, 0.25) is 0 Å². The van der Waals surface area contributed by atoms with Gasteiger partial charge >= 0.3 is 5.97 Å². The van der Waals surface area contributed by atoms with Crippen LogP contribution in [0.3, 0.4) is 0 Å². The van der Waals surface area contributed by atoms with E-state index in [0.717, 1.165) is 26.1 Å². The van der Waals surface area contributed by atoms with Gasteiger partial charge in [-0.15, -0.1) is 0 Å². The minimum atomic E-state index is -0.212. The van der Waals surface area contributed by atoms with Gasteiger partial charge < -0.3 is 14.4 Å². The number of methoxy groups -OCH3 is 1. The lowest BCUT2D eigenvalue weighted by Gasteiger charge is -2.20. The predicted octanol–water partition coefficient (Wildman–Crippen LogP) is 5.76. The van der Waals surface area contributed by atoms with Gasteiger partial charge in [-0.25, -0.2) is 0 Å². The van der Waals surface area contributed by atoms with Crippen molar-refractivity contribution in [2.75, 3.05) is 40.0 Å². The van der Waals surface area contributed by atoms with E-state index in [4.69, 9.17) is 4.74 Å². The number of nitrogens with zero attached hydrogens (tertiary/aromatic N) is 2. The van der Waals surface area contributed by atoms with Crippen molar-refractivity contribution in [2.24, 2.45) is 4.99 Å². The van der Waals surface area contributed by atoms with E-state index >= 15 is 0 Å². The fourth-order valence-electron chi connectivity index (χ4n) is 3.84. The summed E-state index contributed by atoms with van der Waals surface area (Å²) in [7, 11) is 1.41. The molecule has 170 valence electrons. The van der Waals surface area contributed by atoms with E-state index in [0.29, 0.717) is 19.6 Å². The Bertz CT molecular complexity index is 426. The number of hydrogen-bond donors (Lipinski definition) is 0. The first kappa shape index (κ1) is 25.9. The summed E-state index contributed by atoms with van der Waals surface area (Å²) in [4.78, 5) is 18.1. The summed E-state index contributed by atoms with van der Waals surface area (Å²) < 4.78 is 10.2. The number of carbonyl (C=O) groups is 1. The van der Waals surface area contributed by atoms with Gasteiger partial charge in [0.15, 0.2) is 0 Å². The first-order valence-corrected chi connectivity index (χ1v) is 12.2. The third kappa shape index (κ3) is 14.5. The highest BCUT2D eigenvalue weighted by molar-refractivity contribution is 5.83. The molecule has 5 nitrogen and oxygen atoms in total. The van der Waals surface area contributed by atoms with Crippen LogP contribution in [0.1, 0.15) is 103 Å². The molecule has 0 N–H and O–H groups in total.